The van der Waals surface area contributed by atoms with E-state index in [0.717, 1.165) is 0 Å². The molecule has 3 nitrogen and oxygen atoms in total. The quantitative estimate of drug-likeness (QED) is 0.220. The minimum Gasteiger partial charge on any atom is -0.301 e. The van der Waals surface area contributed by atoms with Crippen molar-refractivity contribution in [1.29, 1.82) is 0 Å². The van der Waals surface area contributed by atoms with Gasteiger partial charge < -0.3 is 4.79 Å². The Labute approximate surface area is 42.2 Å². The highest BCUT2D eigenvalue weighted by Gasteiger charge is 1.77. The van der Waals surface area contributed by atoms with Crippen molar-refractivity contribution in [2.75, 3.05) is 13.2 Å². The van der Waals surface area contributed by atoms with Crippen molar-refractivity contribution in [3.63, 3.8) is 0 Å². The summed E-state index contributed by atoms with van der Waals surface area (Å²) in [5.41, 5.74) is 0. The summed E-state index contributed by atoms with van der Waals surface area (Å²) < 4.78 is 0. The van der Waals surface area contributed by atoms with Crippen LogP contribution in [0.3, 0.4) is 0 Å². The number of hydrogen-bond acceptors (Lipinski definition) is 3. The molecule has 0 fully saturated rings. The second-order valence-electron chi connectivity index (χ2n) is 0.858. The monoisotopic (exact) mass is 104 g/mol. The Balaban J connectivity index is 2.56. The molecular weight excluding hydrogens is 96.0 g/mol. The van der Waals surface area contributed by atoms with E-state index in [1.54, 1.807) is 6.92 Å². The fourth-order valence-electron chi connectivity index (χ4n) is 0.159. The highest BCUT2D eigenvalue weighted by atomic mass is 17.2. The van der Waals surface area contributed by atoms with E-state index >= 15 is 0 Å². The zero-order chi connectivity index (χ0) is 5.54. The molecule has 0 bridgehead atoms. The second kappa shape index (κ2) is 5.59. The van der Waals surface area contributed by atoms with Crippen LogP contribution in [-0.4, -0.2) is 19.5 Å². The standard InChI is InChI=1S/C4H8O3/c1-2-6-7-4-3-5/h3H,2,4H2,1H3. The highest BCUT2D eigenvalue weighted by molar-refractivity contribution is 5.50. The van der Waals surface area contributed by atoms with Crippen molar-refractivity contribution in [3.8, 4) is 0 Å². The lowest BCUT2D eigenvalue weighted by Crippen LogP contribution is -1.95. The van der Waals surface area contributed by atoms with Crippen LogP contribution in [0.1, 0.15) is 6.92 Å². The predicted molar refractivity (Wildman–Crippen MR) is 23.6 cm³/mol. The first kappa shape index (κ1) is 6.59. The van der Waals surface area contributed by atoms with Gasteiger partial charge in [-0.25, -0.2) is 9.78 Å². The van der Waals surface area contributed by atoms with Crippen molar-refractivity contribution >= 4 is 6.29 Å². The summed E-state index contributed by atoms with van der Waals surface area (Å²) in [6, 6.07) is 0. The molecule has 0 amide bonds. The van der Waals surface area contributed by atoms with Crippen molar-refractivity contribution < 1.29 is 14.6 Å². The van der Waals surface area contributed by atoms with Crippen LogP contribution in [0, 0.1) is 0 Å². The molecule has 0 N–H and O–H groups in total. The fourth-order valence-corrected chi connectivity index (χ4v) is 0.159. The highest BCUT2D eigenvalue weighted by Crippen LogP contribution is 1.71. The van der Waals surface area contributed by atoms with E-state index in [0.29, 0.717) is 12.9 Å². The first-order valence-corrected chi connectivity index (χ1v) is 2.10. The van der Waals surface area contributed by atoms with Gasteiger partial charge in [-0.05, 0) is 6.92 Å². The summed E-state index contributed by atoms with van der Waals surface area (Å²) >= 11 is 0. The molecule has 7 heavy (non-hydrogen) atoms. The predicted octanol–water partition coefficient (Wildman–Crippen LogP) is 0.153. The number of aldehydes is 1. The summed E-state index contributed by atoms with van der Waals surface area (Å²) in [7, 11) is 0. The van der Waals surface area contributed by atoms with Gasteiger partial charge in [-0.3, -0.25) is 0 Å². The van der Waals surface area contributed by atoms with Gasteiger partial charge in [0.05, 0.1) is 6.61 Å². The third kappa shape index (κ3) is 5.59. The molecule has 3 heteroatoms. The lowest BCUT2D eigenvalue weighted by atomic mass is 10.9. The van der Waals surface area contributed by atoms with Crippen LogP contribution in [0.2, 0.25) is 0 Å². The molecule has 0 aliphatic carbocycles. The van der Waals surface area contributed by atoms with Crippen LogP contribution < -0.4 is 0 Å². The molecule has 0 aliphatic heterocycles. The van der Waals surface area contributed by atoms with Crippen LogP contribution >= 0.6 is 0 Å². The fraction of sp³-hybridized carbons (Fsp3) is 0.750. The normalized spacial score (nSPS) is 8.71. The zero-order valence-corrected chi connectivity index (χ0v) is 4.22. The molecule has 0 atom stereocenters. The smallest absolute Gasteiger partial charge is 0.148 e. The van der Waals surface area contributed by atoms with Gasteiger partial charge in [0.2, 0.25) is 0 Å². The molecule has 0 radical (unpaired) electrons. The number of carbonyl (C=O) groups is 1. The maximum absolute atomic E-state index is 9.47. The number of hydrogen-bond donors (Lipinski definition) is 0. The third-order valence-electron chi connectivity index (χ3n) is 0.337. The maximum Gasteiger partial charge on any atom is 0.148 e. The Morgan fingerprint density at radius 1 is 1.57 bits per heavy atom. The van der Waals surface area contributed by atoms with E-state index in [-0.39, 0.29) is 6.61 Å². The van der Waals surface area contributed by atoms with Gasteiger partial charge >= 0.3 is 0 Å². The molecule has 42 valence electrons. The summed E-state index contributed by atoms with van der Waals surface area (Å²) in [6.45, 7) is 2.28. The molecule has 0 heterocycles. The number of carbonyl (C=O) groups excluding carboxylic acids is 1. The molecule has 0 spiro atoms. The Hall–Kier alpha value is -0.410. The Morgan fingerprint density at radius 2 is 2.29 bits per heavy atom. The average Bonchev–Trinajstić information content (AvgIpc) is 1.69. The summed E-state index contributed by atoms with van der Waals surface area (Å²) in [4.78, 5) is 18.1. The largest absolute Gasteiger partial charge is 0.301 e. The Bertz CT molecular complexity index is 44.2. The zero-order valence-electron chi connectivity index (χ0n) is 4.22. The van der Waals surface area contributed by atoms with Gasteiger partial charge in [0.15, 0.2) is 0 Å². The van der Waals surface area contributed by atoms with Crippen molar-refractivity contribution in [1.82, 2.24) is 0 Å². The van der Waals surface area contributed by atoms with E-state index in [1.165, 1.54) is 0 Å². The van der Waals surface area contributed by atoms with Gasteiger partial charge in [0.1, 0.15) is 12.9 Å². The summed E-state index contributed by atoms with van der Waals surface area (Å²) in [6.07, 6.45) is 0.635. The first-order valence-electron chi connectivity index (χ1n) is 2.10. The summed E-state index contributed by atoms with van der Waals surface area (Å²) in [5, 5.41) is 0. The Morgan fingerprint density at radius 3 is 2.71 bits per heavy atom. The van der Waals surface area contributed by atoms with E-state index in [1.807, 2.05) is 0 Å². The SMILES string of the molecule is CCOOCC=O. The minimum absolute atomic E-state index is 0.0217. The van der Waals surface area contributed by atoms with Crippen molar-refractivity contribution in [2.45, 2.75) is 6.92 Å². The lowest BCUT2D eigenvalue weighted by Gasteiger charge is -1.91. The van der Waals surface area contributed by atoms with E-state index in [9.17, 15) is 4.79 Å². The molecule has 0 aromatic rings. The molecular formula is C4H8O3. The topological polar surface area (TPSA) is 35.5 Å². The molecule has 0 aromatic heterocycles. The second-order valence-corrected chi connectivity index (χ2v) is 0.858. The number of rotatable bonds is 4. The van der Waals surface area contributed by atoms with E-state index in [4.69, 9.17) is 0 Å². The van der Waals surface area contributed by atoms with Crippen LogP contribution in [0.15, 0.2) is 0 Å². The van der Waals surface area contributed by atoms with Crippen LogP contribution in [0.5, 0.6) is 0 Å². The van der Waals surface area contributed by atoms with Gasteiger partial charge in [-0.1, -0.05) is 0 Å². The van der Waals surface area contributed by atoms with Gasteiger partial charge in [0.25, 0.3) is 0 Å². The van der Waals surface area contributed by atoms with E-state index in [2.05, 4.69) is 9.78 Å². The third-order valence-corrected chi connectivity index (χ3v) is 0.337. The molecule has 0 aliphatic rings. The van der Waals surface area contributed by atoms with Gasteiger partial charge in [0, 0.05) is 0 Å². The van der Waals surface area contributed by atoms with Crippen molar-refractivity contribution in [3.05, 3.63) is 0 Å². The molecule has 0 saturated heterocycles. The molecule has 0 aromatic carbocycles. The van der Waals surface area contributed by atoms with E-state index < -0.39 is 0 Å². The minimum atomic E-state index is 0.0217. The van der Waals surface area contributed by atoms with Crippen LogP contribution in [0.4, 0.5) is 0 Å². The lowest BCUT2D eigenvalue weighted by molar-refractivity contribution is -0.283. The molecule has 0 saturated carbocycles. The molecule has 0 rings (SSSR count). The van der Waals surface area contributed by atoms with Gasteiger partial charge in [-0.15, -0.1) is 0 Å². The average molecular weight is 104 g/mol. The van der Waals surface area contributed by atoms with Crippen molar-refractivity contribution in [2.24, 2.45) is 0 Å². The maximum atomic E-state index is 9.47. The molecule has 0 unspecified atom stereocenters. The van der Waals surface area contributed by atoms with Crippen LogP contribution in [-0.2, 0) is 14.6 Å². The summed E-state index contributed by atoms with van der Waals surface area (Å²) in [5.74, 6) is 0. The van der Waals surface area contributed by atoms with Crippen LogP contribution in [0.25, 0.3) is 0 Å². The Kier molecular flexibility index (Phi) is 5.26. The van der Waals surface area contributed by atoms with Gasteiger partial charge in [-0.2, -0.15) is 0 Å². The first-order chi connectivity index (χ1) is 3.41.